The van der Waals surface area contributed by atoms with Gasteiger partial charge in [-0.25, -0.2) is 9.59 Å². The van der Waals surface area contributed by atoms with E-state index in [0.717, 1.165) is 12.0 Å². The molecule has 200 valence electrons. The zero-order valence-electron chi connectivity index (χ0n) is 20.9. The SMILES string of the molecule is C/C(=N/OCC(=O)O)[C@H]1CC[C@@]2(O)C3=C/C(=N\OCC(=O)O)C4CC(O)[C@@H](O)CC4(C)C3CCC12C. The third-order valence-corrected chi connectivity index (χ3v) is 9.40. The second kappa shape index (κ2) is 9.42. The molecule has 0 radical (unpaired) electrons. The molecule has 0 saturated heterocycles. The summed E-state index contributed by atoms with van der Waals surface area (Å²) in [4.78, 5) is 31.9. The highest BCUT2D eigenvalue weighted by atomic mass is 16.6. The van der Waals surface area contributed by atoms with Gasteiger partial charge < -0.3 is 35.2 Å². The molecule has 4 aliphatic rings. The second-order valence-corrected chi connectivity index (χ2v) is 11.3. The third kappa shape index (κ3) is 4.20. The summed E-state index contributed by atoms with van der Waals surface area (Å²) in [5, 5.41) is 59.3. The number of hydrogen-bond donors (Lipinski definition) is 5. The maximum Gasteiger partial charge on any atom is 0.344 e. The van der Waals surface area contributed by atoms with Gasteiger partial charge in [0.2, 0.25) is 13.2 Å². The summed E-state index contributed by atoms with van der Waals surface area (Å²) in [5.74, 6) is -2.75. The summed E-state index contributed by atoms with van der Waals surface area (Å²) in [6, 6.07) is 0. The van der Waals surface area contributed by atoms with Crippen LogP contribution in [0.25, 0.3) is 0 Å². The van der Waals surface area contributed by atoms with Crippen LogP contribution in [0.3, 0.4) is 0 Å². The van der Waals surface area contributed by atoms with E-state index in [4.69, 9.17) is 19.9 Å². The normalized spacial score (nSPS) is 43.2. The Morgan fingerprint density at radius 2 is 1.69 bits per heavy atom. The first-order valence-electron chi connectivity index (χ1n) is 12.4. The molecule has 0 bridgehead atoms. The van der Waals surface area contributed by atoms with E-state index < -0.39 is 53.8 Å². The maximum absolute atomic E-state index is 12.3. The standard InChI is InChI=1S/C25H36N2O9/c1-13(26-35-11-21(30)31)14-5-7-25(34)16-8-18(27-36-12-22(32)33)17-9-19(28)20(29)10-23(17,2)15(16)4-6-24(14,25)3/h8,14-15,17,19-20,28-29,34H,4-7,9-12H2,1-3H3,(H,30,31)(H,32,33)/b26-13-,27-18+/t14-,15?,17?,19?,20+,23?,24?,25-/m1/s1. The van der Waals surface area contributed by atoms with E-state index in [-0.39, 0.29) is 24.2 Å². The van der Waals surface area contributed by atoms with Gasteiger partial charge >= 0.3 is 11.9 Å². The summed E-state index contributed by atoms with van der Waals surface area (Å²) in [6.45, 7) is 4.70. The fraction of sp³-hybridized carbons (Fsp3) is 0.760. The van der Waals surface area contributed by atoms with Gasteiger partial charge in [-0.3, -0.25) is 0 Å². The van der Waals surface area contributed by atoms with E-state index >= 15 is 0 Å². The molecule has 0 aromatic rings. The Bertz CT molecular complexity index is 1010. The second-order valence-electron chi connectivity index (χ2n) is 11.3. The highest BCUT2D eigenvalue weighted by Gasteiger charge is 2.66. The zero-order valence-corrected chi connectivity index (χ0v) is 20.9. The van der Waals surface area contributed by atoms with Crippen LogP contribution in [0.1, 0.15) is 59.3 Å². The van der Waals surface area contributed by atoms with E-state index in [0.29, 0.717) is 37.1 Å². The van der Waals surface area contributed by atoms with Gasteiger partial charge in [0.15, 0.2) is 0 Å². The molecule has 4 rings (SSSR count). The topological polar surface area (TPSA) is 178 Å². The molecular weight excluding hydrogens is 472 g/mol. The Hall–Kier alpha value is -2.50. The molecule has 0 aliphatic heterocycles. The molecule has 0 spiro atoms. The first kappa shape index (κ1) is 26.6. The molecule has 36 heavy (non-hydrogen) atoms. The Morgan fingerprint density at radius 1 is 1.03 bits per heavy atom. The zero-order chi connectivity index (χ0) is 26.5. The predicted molar refractivity (Wildman–Crippen MR) is 127 cm³/mol. The van der Waals surface area contributed by atoms with Crippen LogP contribution in [-0.2, 0) is 19.3 Å². The van der Waals surface area contributed by atoms with Crippen LogP contribution in [0.2, 0.25) is 0 Å². The van der Waals surface area contributed by atoms with Crippen LogP contribution in [-0.4, -0.2) is 79.9 Å². The van der Waals surface area contributed by atoms with Crippen molar-refractivity contribution in [1.82, 2.24) is 0 Å². The van der Waals surface area contributed by atoms with Crippen LogP contribution < -0.4 is 0 Å². The van der Waals surface area contributed by atoms with Crippen molar-refractivity contribution in [3.05, 3.63) is 11.6 Å². The minimum Gasteiger partial charge on any atom is -0.479 e. The third-order valence-electron chi connectivity index (χ3n) is 9.40. The minimum atomic E-state index is -1.22. The average Bonchev–Trinajstić information content (AvgIpc) is 3.06. The van der Waals surface area contributed by atoms with E-state index in [1.54, 1.807) is 6.92 Å². The van der Waals surface area contributed by atoms with Crippen molar-refractivity contribution >= 4 is 23.4 Å². The average molecular weight is 509 g/mol. The fourth-order valence-corrected chi connectivity index (χ4v) is 7.57. The quantitative estimate of drug-likeness (QED) is 0.252. The Labute approximate surface area is 209 Å². The molecule has 4 aliphatic carbocycles. The first-order chi connectivity index (χ1) is 16.8. The fourth-order valence-electron chi connectivity index (χ4n) is 7.57. The van der Waals surface area contributed by atoms with Crippen molar-refractivity contribution in [2.75, 3.05) is 13.2 Å². The molecule has 5 unspecified atom stereocenters. The molecule has 11 heteroatoms. The number of aliphatic hydroxyl groups excluding tert-OH is 2. The molecule has 0 aromatic heterocycles. The number of nitrogens with zero attached hydrogens (tertiary/aromatic N) is 2. The van der Waals surface area contributed by atoms with Crippen LogP contribution in [0.4, 0.5) is 0 Å². The molecule has 5 N–H and O–H groups in total. The van der Waals surface area contributed by atoms with E-state index in [1.165, 1.54) is 0 Å². The van der Waals surface area contributed by atoms with Gasteiger partial charge in [0.1, 0.15) is 0 Å². The Kier molecular flexibility index (Phi) is 6.95. The number of aliphatic carboxylic acids is 2. The summed E-state index contributed by atoms with van der Waals surface area (Å²) in [7, 11) is 0. The van der Waals surface area contributed by atoms with E-state index in [2.05, 4.69) is 10.3 Å². The smallest absolute Gasteiger partial charge is 0.344 e. The molecule has 11 nitrogen and oxygen atoms in total. The summed E-state index contributed by atoms with van der Waals surface area (Å²) in [5.41, 5.74) is -0.448. The maximum atomic E-state index is 12.3. The molecule has 8 atom stereocenters. The Morgan fingerprint density at radius 3 is 2.36 bits per heavy atom. The molecule has 0 amide bonds. The van der Waals surface area contributed by atoms with Crippen molar-refractivity contribution in [3.8, 4) is 0 Å². The lowest BCUT2D eigenvalue weighted by atomic mass is 9.46. The number of rotatable bonds is 7. The number of carboxylic acids is 2. The van der Waals surface area contributed by atoms with Crippen molar-refractivity contribution in [2.45, 2.75) is 77.1 Å². The van der Waals surface area contributed by atoms with E-state index in [9.17, 15) is 24.9 Å². The lowest BCUT2D eigenvalue weighted by Gasteiger charge is -2.60. The first-order valence-corrected chi connectivity index (χ1v) is 12.4. The summed E-state index contributed by atoms with van der Waals surface area (Å²) >= 11 is 0. The summed E-state index contributed by atoms with van der Waals surface area (Å²) < 4.78 is 0. The number of hydrogen-bond acceptors (Lipinski definition) is 9. The molecule has 3 fully saturated rings. The van der Waals surface area contributed by atoms with Gasteiger partial charge in [0, 0.05) is 17.3 Å². The van der Waals surface area contributed by atoms with Gasteiger partial charge in [-0.2, -0.15) is 0 Å². The molecule has 3 saturated carbocycles. The molecule has 0 heterocycles. The monoisotopic (exact) mass is 508 g/mol. The largest absolute Gasteiger partial charge is 0.479 e. The van der Waals surface area contributed by atoms with Crippen LogP contribution in [0, 0.1) is 28.6 Å². The van der Waals surface area contributed by atoms with Crippen molar-refractivity contribution in [1.29, 1.82) is 0 Å². The predicted octanol–water partition coefficient (Wildman–Crippen LogP) is 1.56. The molecule has 0 aromatic carbocycles. The number of carboxylic acid groups (broad SMARTS) is 2. The Balaban J connectivity index is 1.73. The number of fused-ring (bicyclic) bond motifs is 5. The van der Waals surface area contributed by atoms with Crippen LogP contribution >= 0.6 is 0 Å². The van der Waals surface area contributed by atoms with Gasteiger partial charge in [0.25, 0.3) is 0 Å². The highest BCUT2D eigenvalue weighted by molar-refractivity contribution is 5.99. The van der Waals surface area contributed by atoms with Crippen molar-refractivity contribution < 1.29 is 44.8 Å². The summed E-state index contributed by atoms with van der Waals surface area (Å²) in [6.07, 6.45) is 3.07. The lowest BCUT2D eigenvalue weighted by Crippen LogP contribution is -2.61. The molecular formula is C25H36N2O9. The minimum absolute atomic E-state index is 0.0691. The van der Waals surface area contributed by atoms with Crippen molar-refractivity contribution in [3.63, 3.8) is 0 Å². The lowest BCUT2D eigenvalue weighted by molar-refractivity contribution is -0.143. The van der Waals surface area contributed by atoms with Crippen molar-refractivity contribution in [2.24, 2.45) is 38.9 Å². The number of allylic oxidation sites excluding steroid dienone is 1. The highest BCUT2D eigenvalue weighted by Crippen LogP contribution is 2.67. The van der Waals surface area contributed by atoms with Crippen LogP contribution in [0.5, 0.6) is 0 Å². The van der Waals surface area contributed by atoms with Crippen LogP contribution in [0.15, 0.2) is 22.0 Å². The van der Waals surface area contributed by atoms with Gasteiger partial charge in [-0.15, -0.1) is 0 Å². The van der Waals surface area contributed by atoms with E-state index in [1.807, 2.05) is 19.9 Å². The number of oxime groups is 2. The number of aliphatic hydroxyl groups is 3. The van der Waals surface area contributed by atoms with Gasteiger partial charge in [0.05, 0.1) is 29.2 Å². The van der Waals surface area contributed by atoms with Gasteiger partial charge in [-0.05, 0) is 68.4 Å². The number of carbonyl (C=O) groups is 2. The van der Waals surface area contributed by atoms with Gasteiger partial charge in [-0.1, -0.05) is 24.2 Å².